The number of ether oxygens (including phenoxy) is 1. The van der Waals surface area contributed by atoms with Gasteiger partial charge >= 0.3 is 5.97 Å². The van der Waals surface area contributed by atoms with E-state index in [0.29, 0.717) is 17.1 Å². The van der Waals surface area contributed by atoms with Crippen molar-refractivity contribution in [2.45, 2.75) is 51.8 Å². The molecular weight excluding hydrogens is 448 g/mol. The maximum absolute atomic E-state index is 13.1. The highest BCUT2D eigenvalue weighted by atomic mass is 16.5. The molecule has 1 unspecified atom stereocenters. The molecule has 2 aromatic carbocycles. The van der Waals surface area contributed by atoms with Gasteiger partial charge in [-0.05, 0) is 69.2 Å². The van der Waals surface area contributed by atoms with Crippen LogP contribution < -0.4 is 21.1 Å². The molecule has 0 bridgehead atoms. The Morgan fingerprint density at radius 2 is 1.83 bits per heavy atom. The van der Waals surface area contributed by atoms with E-state index < -0.39 is 23.5 Å². The highest BCUT2D eigenvalue weighted by Crippen LogP contribution is 2.28. The number of fused-ring (bicyclic) bond motifs is 1. The Labute approximate surface area is 204 Å². The SMILES string of the molecule is Cn1c(C(N)=O)cc2cc(OCc3cccc(N(C(=O)C(N)CCC(=O)O)C(C)(C)C)c3)ccc21. The summed E-state index contributed by atoms with van der Waals surface area (Å²) >= 11 is 0. The van der Waals surface area contributed by atoms with Crippen LogP contribution in [0, 0.1) is 0 Å². The Morgan fingerprint density at radius 1 is 1.11 bits per heavy atom. The Morgan fingerprint density at radius 3 is 2.46 bits per heavy atom. The van der Waals surface area contributed by atoms with Crippen LogP contribution in [0.5, 0.6) is 5.75 Å². The predicted molar refractivity (Wildman–Crippen MR) is 134 cm³/mol. The van der Waals surface area contributed by atoms with Crippen LogP contribution in [0.1, 0.15) is 49.7 Å². The summed E-state index contributed by atoms with van der Waals surface area (Å²) in [6.45, 7) is 5.94. The van der Waals surface area contributed by atoms with E-state index in [1.165, 1.54) is 0 Å². The Hall–Kier alpha value is -3.85. The molecule has 0 fully saturated rings. The number of carboxylic acid groups (broad SMARTS) is 1. The largest absolute Gasteiger partial charge is 0.489 e. The first-order chi connectivity index (χ1) is 16.4. The highest BCUT2D eigenvalue weighted by Gasteiger charge is 2.31. The molecule has 9 heteroatoms. The number of aromatic nitrogens is 1. The number of rotatable bonds is 9. The van der Waals surface area contributed by atoms with Gasteiger partial charge in [-0.2, -0.15) is 0 Å². The lowest BCUT2D eigenvalue weighted by molar-refractivity contribution is -0.137. The van der Waals surface area contributed by atoms with Crippen LogP contribution in [0.25, 0.3) is 10.9 Å². The van der Waals surface area contributed by atoms with Crippen LogP contribution in [0.4, 0.5) is 5.69 Å². The van der Waals surface area contributed by atoms with Crippen LogP contribution in [0.3, 0.4) is 0 Å². The van der Waals surface area contributed by atoms with E-state index in [1.54, 1.807) is 22.6 Å². The van der Waals surface area contributed by atoms with Gasteiger partial charge in [-0.3, -0.25) is 14.4 Å². The molecule has 1 atom stereocenters. The molecule has 0 radical (unpaired) electrons. The number of carbonyl (C=O) groups excluding carboxylic acids is 2. The van der Waals surface area contributed by atoms with Crippen molar-refractivity contribution in [3.63, 3.8) is 0 Å². The molecule has 2 amide bonds. The Balaban J connectivity index is 1.80. The van der Waals surface area contributed by atoms with Crippen LogP contribution in [-0.4, -0.2) is 39.0 Å². The third kappa shape index (κ3) is 5.99. The molecule has 0 aliphatic carbocycles. The van der Waals surface area contributed by atoms with Gasteiger partial charge in [0.15, 0.2) is 0 Å². The second kappa shape index (κ2) is 10.2. The summed E-state index contributed by atoms with van der Waals surface area (Å²) in [4.78, 5) is 37.2. The molecule has 1 aromatic heterocycles. The van der Waals surface area contributed by atoms with E-state index in [2.05, 4.69) is 0 Å². The second-order valence-corrected chi connectivity index (χ2v) is 9.52. The van der Waals surface area contributed by atoms with E-state index >= 15 is 0 Å². The van der Waals surface area contributed by atoms with Crippen molar-refractivity contribution in [1.29, 1.82) is 0 Å². The Bertz CT molecular complexity index is 1260. The van der Waals surface area contributed by atoms with Gasteiger partial charge in [0.2, 0.25) is 5.91 Å². The van der Waals surface area contributed by atoms with Gasteiger partial charge in [0.05, 0.1) is 6.04 Å². The molecular formula is C26H32N4O5. The van der Waals surface area contributed by atoms with Gasteiger partial charge in [-0.15, -0.1) is 0 Å². The number of hydrogen-bond donors (Lipinski definition) is 3. The van der Waals surface area contributed by atoms with Crippen LogP contribution >= 0.6 is 0 Å². The van der Waals surface area contributed by atoms with Crippen molar-refractivity contribution in [3.8, 4) is 5.75 Å². The first kappa shape index (κ1) is 25.8. The zero-order valence-electron chi connectivity index (χ0n) is 20.4. The molecule has 0 saturated heterocycles. The average Bonchev–Trinajstić information content (AvgIpc) is 3.11. The third-order valence-corrected chi connectivity index (χ3v) is 5.72. The minimum Gasteiger partial charge on any atom is -0.489 e. The number of nitrogens with zero attached hydrogens (tertiary/aromatic N) is 2. The van der Waals surface area contributed by atoms with E-state index in [-0.39, 0.29) is 25.4 Å². The number of aryl methyl sites for hydroxylation is 1. The fourth-order valence-electron chi connectivity index (χ4n) is 4.02. The van der Waals surface area contributed by atoms with Gasteiger partial charge in [0.25, 0.3) is 5.91 Å². The monoisotopic (exact) mass is 480 g/mol. The fraction of sp³-hybridized carbons (Fsp3) is 0.346. The smallest absolute Gasteiger partial charge is 0.303 e. The number of carbonyl (C=O) groups is 3. The summed E-state index contributed by atoms with van der Waals surface area (Å²) < 4.78 is 7.72. The zero-order chi connectivity index (χ0) is 25.9. The summed E-state index contributed by atoms with van der Waals surface area (Å²) in [6.07, 6.45) is -0.117. The number of primary amides is 1. The number of nitrogens with two attached hydrogens (primary N) is 2. The molecule has 35 heavy (non-hydrogen) atoms. The van der Waals surface area contributed by atoms with E-state index in [0.717, 1.165) is 16.5 Å². The molecule has 9 nitrogen and oxygen atoms in total. The summed E-state index contributed by atoms with van der Waals surface area (Å²) in [5.74, 6) is -1.20. The predicted octanol–water partition coefficient (Wildman–Crippen LogP) is 3.18. The summed E-state index contributed by atoms with van der Waals surface area (Å²) in [5.41, 5.74) is 13.7. The van der Waals surface area contributed by atoms with Gasteiger partial charge in [-0.1, -0.05) is 12.1 Å². The molecule has 0 aliphatic heterocycles. The van der Waals surface area contributed by atoms with Crippen molar-refractivity contribution in [2.75, 3.05) is 4.90 Å². The lowest BCUT2D eigenvalue weighted by Gasteiger charge is -2.37. The highest BCUT2D eigenvalue weighted by molar-refractivity contribution is 5.99. The number of aliphatic carboxylic acids is 1. The molecule has 0 spiro atoms. The average molecular weight is 481 g/mol. The summed E-state index contributed by atoms with van der Waals surface area (Å²) in [7, 11) is 1.78. The quantitative estimate of drug-likeness (QED) is 0.430. The van der Waals surface area contributed by atoms with Gasteiger partial charge in [-0.25, -0.2) is 0 Å². The standard InChI is InChI=1S/C26H32N4O5/c1-26(2,3)30(25(34)20(27)9-11-23(31)32)18-7-5-6-16(12-18)15-35-19-8-10-21-17(13-19)14-22(24(28)33)29(21)4/h5-8,10,12-14,20H,9,11,15,27H2,1-4H3,(H2,28,33)(H,31,32). The maximum atomic E-state index is 13.1. The number of anilines is 1. The zero-order valence-corrected chi connectivity index (χ0v) is 20.4. The molecule has 0 saturated carbocycles. The van der Waals surface area contributed by atoms with Crippen LogP contribution in [-0.2, 0) is 23.2 Å². The fourth-order valence-corrected chi connectivity index (χ4v) is 4.02. The maximum Gasteiger partial charge on any atom is 0.303 e. The lowest BCUT2D eigenvalue weighted by Crippen LogP contribution is -2.52. The normalized spacial score (nSPS) is 12.4. The van der Waals surface area contributed by atoms with Gasteiger partial charge in [0.1, 0.15) is 18.1 Å². The molecule has 3 aromatic rings. The second-order valence-electron chi connectivity index (χ2n) is 9.52. The minimum absolute atomic E-state index is 0.0585. The lowest BCUT2D eigenvalue weighted by atomic mass is 10.0. The van der Waals surface area contributed by atoms with Crippen molar-refractivity contribution in [2.24, 2.45) is 18.5 Å². The van der Waals surface area contributed by atoms with Crippen molar-refractivity contribution < 1.29 is 24.2 Å². The number of benzene rings is 2. The van der Waals surface area contributed by atoms with Crippen molar-refractivity contribution >= 4 is 34.4 Å². The first-order valence-electron chi connectivity index (χ1n) is 11.3. The molecule has 0 aliphatic rings. The van der Waals surface area contributed by atoms with Crippen molar-refractivity contribution in [3.05, 3.63) is 59.8 Å². The molecule has 186 valence electrons. The summed E-state index contributed by atoms with van der Waals surface area (Å²) in [5, 5.41) is 9.77. The minimum atomic E-state index is -0.991. The third-order valence-electron chi connectivity index (χ3n) is 5.72. The number of carboxylic acids is 1. The number of hydrogen-bond acceptors (Lipinski definition) is 5. The van der Waals surface area contributed by atoms with E-state index in [9.17, 15) is 14.4 Å². The van der Waals surface area contributed by atoms with E-state index in [1.807, 2.05) is 63.2 Å². The number of amides is 2. The first-order valence-corrected chi connectivity index (χ1v) is 11.3. The van der Waals surface area contributed by atoms with Gasteiger partial charge < -0.3 is 30.8 Å². The molecule has 1 heterocycles. The summed E-state index contributed by atoms with van der Waals surface area (Å²) in [6, 6.07) is 13.7. The topological polar surface area (TPSA) is 141 Å². The Kier molecular flexibility index (Phi) is 7.50. The van der Waals surface area contributed by atoms with Gasteiger partial charge in [0, 0.05) is 35.6 Å². The van der Waals surface area contributed by atoms with Crippen LogP contribution in [0.2, 0.25) is 0 Å². The van der Waals surface area contributed by atoms with Crippen molar-refractivity contribution in [1.82, 2.24) is 4.57 Å². The molecule has 5 N–H and O–H groups in total. The van der Waals surface area contributed by atoms with E-state index in [4.69, 9.17) is 21.3 Å². The van der Waals surface area contributed by atoms with Crippen LogP contribution in [0.15, 0.2) is 48.5 Å². The molecule has 3 rings (SSSR count).